The fraction of sp³-hybridized carbons (Fsp3) is 0. The van der Waals surface area contributed by atoms with E-state index in [1.54, 1.807) is 0 Å². The molecular weight excluding hydrogens is 728 g/mol. The van der Waals surface area contributed by atoms with E-state index < -0.39 is 54.5 Å². The summed E-state index contributed by atoms with van der Waals surface area (Å²) in [5.74, 6) is 0. The molecular formula is C20H24Cr4N4O14. The standard InChI is InChI=1S/4C5H5N.4Cr.14O/c4*1-2-4-6-5-3-1;;;;;;;;;;;;;;;;;;/h4*1-5H;;;;;;;;;;;;;;;;;;/q;;;;;;;;;;;;;;;;;;4*-1/p+4. The Bertz CT molecular complexity index is 1250. The second-order valence-electron chi connectivity index (χ2n) is 6.08. The molecule has 0 aliphatic carbocycles. The zero-order valence-corrected chi connectivity index (χ0v) is 26.0. The van der Waals surface area contributed by atoms with Gasteiger partial charge in [0.1, 0.15) is 0 Å². The minimum absolute atomic E-state index is 1.88. The molecule has 0 fully saturated rings. The first kappa shape index (κ1) is 41.0. The van der Waals surface area contributed by atoms with E-state index >= 15 is 0 Å². The molecule has 18 nitrogen and oxygen atoms in total. The van der Waals surface area contributed by atoms with Gasteiger partial charge in [0.25, 0.3) is 0 Å². The van der Waals surface area contributed by atoms with Crippen molar-refractivity contribution in [3.63, 3.8) is 0 Å². The van der Waals surface area contributed by atoms with Crippen molar-refractivity contribution in [1.29, 1.82) is 0 Å². The Morgan fingerprint density at radius 1 is 0.310 bits per heavy atom. The van der Waals surface area contributed by atoms with E-state index in [2.05, 4.69) is 25.6 Å². The van der Waals surface area contributed by atoms with E-state index in [0.717, 1.165) is 0 Å². The van der Waals surface area contributed by atoms with Crippen molar-refractivity contribution >= 4 is 0 Å². The van der Waals surface area contributed by atoms with E-state index in [-0.39, 0.29) is 0 Å². The van der Waals surface area contributed by atoms with Crippen molar-refractivity contribution in [1.82, 2.24) is 0 Å². The summed E-state index contributed by atoms with van der Waals surface area (Å²) in [5.41, 5.74) is 0. The van der Waals surface area contributed by atoms with Gasteiger partial charge < -0.3 is 0 Å². The molecule has 0 unspecified atom stereocenters. The Labute approximate surface area is 248 Å². The summed E-state index contributed by atoms with van der Waals surface area (Å²) < 4.78 is 118. The second kappa shape index (κ2) is 23.5. The molecule has 0 amide bonds. The van der Waals surface area contributed by atoms with Gasteiger partial charge in [-0.05, 0) is 0 Å². The van der Waals surface area contributed by atoms with Crippen molar-refractivity contribution < 1.29 is 127 Å². The van der Waals surface area contributed by atoms with Gasteiger partial charge in [0.2, 0.25) is 0 Å². The monoisotopic (exact) mass is 752 g/mol. The number of aromatic nitrogens is 4. The quantitative estimate of drug-likeness (QED) is 0.193. The number of H-pyrrole nitrogens is 4. The molecule has 0 aromatic carbocycles. The maximum atomic E-state index is 9.38. The Hall–Kier alpha value is -3.11. The minimum Gasteiger partial charge on any atom is -0.218 e. The molecule has 4 aromatic rings. The molecule has 0 saturated carbocycles. The number of hydrogen-bond acceptors (Lipinski definition) is 14. The second-order valence-corrected chi connectivity index (χ2v) is 13.4. The van der Waals surface area contributed by atoms with Crippen molar-refractivity contribution in [2.45, 2.75) is 0 Å². The van der Waals surface area contributed by atoms with E-state index in [0.29, 0.717) is 0 Å². The van der Waals surface area contributed by atoms with Crippen LogP contribution in [0.3, 0.4) is 0 Å². The van der Waals surface area contributed by atoms with E-state index in [1.165, 1.54) is 0 Å². The average Bonchev–Trinajstić information content (AvgIpc) is 2.90. The van der Waals surface area contributed by atoms with Crippen LogP contribution in [0.25, 0.3) is 0 Å². The molecule has 0 aliphatic rings. The van der Waals surface area contributed by atoms with Gasteiger partial charge >= 0.3 is 107 Å². The third-order valence-corrected chi connectivity index (χ3v) is 8.10. The maximum Gasteiger partial charge on any atom is 0.166 e. The smallest absolute Gasteiger partial charge is 0.166 e. The first-order chi connectivity index (χ1) is 19.4. The fourth-order valence-electron chi connectivity index (χ4n) is 1.57. The van der Waals surface area contributed by atoms with Crippen LogP contribution in [-0.4, -0.2) is 0 Å². The van der Waals surface area contributed by atoms with Crippen LogP contribution in [0.5, 0.6) is 0 Å². The van der Waals surface area contributed by atoms with Gasteiger partial charge in [-0.3, -0.25) is 0 Å². The number of pyridine rings is 4. The molecule has 22 heteroatoms. The van der Waals surface area contributed by atoms with Gasteiger partial charge in [0.05, 0.1) is 0 Å². The van der Waals surface area contributed by atoms with Crippen LogP contribution in [0, 0.1) is 0 Å². The minimum atomic E-state index is -6.07. The van der Waals surface area contributed by atoms with Crippen LogP contribution >= 0.6 is 0 Å². The third kappa shape index (κ3) is 43.9. The summed E-state index contributed by atoms with van der Waals surface area (Å²) in [6.07, 6.45) is 15.0. The van der Waals surface area contributed by atoms with E-state index in [4.69, 9.17) is 0 Å². The van der Waals surface area contributed by atoms with Crippen LogP contribution in [0.1, 0.15) is 0 Å². The molecule has 4 aromatic heterocycles. The fourth-order valence-corrected chi connectivity index (χ4v) is 4.84. The third-order valence-electron chi connectivity index (χ3n) is 2.76. The SMILES string of the molecule is [O]=[Cr](=[O])([O-])[O][Cr](=[O])(=[O])[O-].[O]=[Cr](=[O])([O-])[O][Cr](=[O])(=[O])[O-].c1cc[nH+]cc1.c1cc[nH+]cc1.c1cc[nH+]cc1.c1cc[nH+]cc1. The predicted molar refractivity (Wildman–Crippen MR) is 99.7 cm³/mol. The molecule has 0 bridgehead atoms. The Morgan fingerprint density at radius 2 is 0.452 bits per heavy atom. The number of aromatic amines is 4. The summed E-state index contributed by atoms with van der Waals surface area (Å²) in [7, 11) is 0. The van der Waals surface area contributed by atoms with Crippen LogP contribution < -0.4 is 36.6 Å². The van der Waals surface area contributed by atoms with Crippen molar-refractivity contribution in [2.24, 2.45) is 0 Å². The maximum absolute atomic E-state index is 9.38. The molecule has 232 valence electrons. The molecule has 4 heterocycles. The van der Waals surface area contributed by atoms with Crippen LogP contribution in [0.15, 0.2) is 122 Å². The molecule has 42 heavy (non-hydrogen) atoms. The van der Waals surface area contributed by atoms with Crippen LogP contribution in [0.4, 0.5) is 0 Å². The topological polar surface area (TPSA) is 304 Å². The zero-order chi connectivity index (χ0) is 32.4. The van der Waals surface area contributed by atoms with Gasteiger partial charge in [-0.15, -0.1) is 0 Å². The van der Waals surface area contributed by atoms with E-state index in [9.17, 15) is 47.1 Å². The summed E-state index contributed by atoms with van der Waals surface area (Å²) in [6.45, 7) is 0. The predicted octanol–water partition coefficient (Wildman–Crippen LogP) is -3.85. The molecule has 4 rings (SSSR count). The number of rotatable bonds is 4. The number of hydrogen-bond donors (Lipinski definition) is 0. The molecule has 0 atom stereocenters. The number of nitrogens with one attached hydrogen (secondary N) is 4. The first-order valence-electron chi connectivity index (χ1n) is 10.3. The van der Waals surface area contributed by atoms with Gasteiger partial charge in [-0.1, -0.05) is 24.3 Å². The van der Waals surface area contributed by atoms with Crippen LogP contribution in [-0.2, 0) is 90.6 Å². The summed E-state index contributed by atoms with van der Waals surface area (Å²) in [6, 6.07) is 23.4. The Kier molecular flexibility index (Phi) is 22.9. The van der Waals surface area contributed by atoms with Gasteiger partial charge in [-0.2, -0.15) is 0 Å². The normalized spacial score (nSPS) is 10.4. The zero-order valence-electron chi connectivity index (χ0n) is 20.9. The van der Waals surface area contributed by atoms with Crippen molar-refractivity contribution in [3.05, 3.63) is 122 Å². The van der Waals surface area contributed by atoms with Crippen molar-refractivity contribution in [3.8, 4) is 0 Å². The average molecular weight is 752 g/mol. The largest absolute Gasteiger partial charge is 0.218 e. The summed E-state index contributed by atoms with van der Waals surface area (Å²) in [4.78, 5) is 11.6. The van der Waals surface area contributed by atoms with E-state index in [1.807, 2.05) is 122 Å². The molecule has 0 saturated heterocycles. The molecule has 4 N–H and O–H groups in total. The van der Waals surface area contributed by atoms with Gasteiger partial charge in [0, 0.05) is 48.5 Å². The van der Waals surface area contributed by atoms with Crippen LogP contribution in [0.2, 0.25) is 0 Å². The van der Waals surface area contributed by atoms with Gasteiger partial charge in [-0.25, -0.2) is 19.9 Å². The molecule has 0 spiro atoms. The summed E-state index contributed by atoms with van der Waals surface area (Å²) >= 11 is -24.3. The van der Waals surface area contributed by atoms with Gasteiger partial charge in [0.15, 0.2) is 49.6 Å². The summed E-state index contributed by atoms with van der Waals surface area (Å²) in [5, 5.41) is 0. The Morgan fingerprint density at radius 3 is 0.476 bits per heavy atom. The molecule has 0 radical (unpaired) electrons. The molecule has 0 aliphatic heterocycles. The van der Waals surface area contributed by atoms with Crippen molar-refractivity contribution in [2.75, 3.05) is 0 Å². The Balaban J connectivity index is 0. The first-order valence-corrected chi connectivity index (χ1v) is 18.6.